The van der Waals surface area contributed by atoms with E-state index in [0.717, 1.165) is 4.52 Å². The third kappa shape index (κ3) is 2.83. The lowest BCUT2D eigenvalue weighted by molar-refractivity contribution is -0.0517. The third-order valence-electron chi connectivity index (χ3n) is 5.66. The summed E-state index contributed by atoms with van der Waals surface area (Å²) in [6, 6.07) is 0. The van der Waals surface area contributed by atoms with E-state index in [2.05, 4.69) is 15.1 Å². The summed E-state index contributed by atoms with van der Waals surface area (Å²) in [4.78, 5) is 21.2. The van der Waals surface area contributed by atoms with Crippen LogP contribution in [0.3, 0.4) is 0 Å². The zero-order valence-electron chi connectivity index (χ0n) is 15.8. The van der Waals surface area contributed by atoms with Gasteiger partial charge in [-0.1, -0.05) is 0 Å². The van der Waals surface area contributed by atoms with Crippen molar-refractivity contribution in [2.75, 3.05) is 13.2 Å². The van der Waals surface area contributed by atoms with Crippen molar-refractivity contribution in [2.45, 2.75) is 49.1 Å². The van der Waals surface area contributed by atoms with E-state index in [4.69, 9.17) is 9.47 Å². The molecule has 3 aromatic rings. The van der Waals surface area contributed by atoms with Crippen LogP contribution in [0.1, 0.15) is 12.5 Å². The van der Waals surface area contributed by atoms with Crippen molar-refractivity contribution in [3.63, 3.8) is 0 Å². The number of nitrogens with zero attached hydrogens (tertiary/aromatic N) is 6. The second-order valence-corrected chi connectivity index (χ2v) is 7.45. The van der Waals surface area contributed by atoms with E-state index in [1.807, 2.05) is 0 Å². The van der Waals surface area contributed by atoms with Crippen LogP contribution in [-0.4, -0.2) is 109 Å². The number of hydrogen-bond acceptors (Lipinski definition) is 12. The molecule has 0 spiro atoms. The highest BCUT2D eigenvalue weighted by atomic mass is 16.6. The first-order chi connectivity index (χ1) is 14.9. The van der Waals surface area contributed by atoms with Crippen LogP contribution in [0.25, 0.3) is 16.9 Å². The maximum absolute atomic E-state index is 12.9. The van der Waals surface area contributed by atoms with Gasteiger partial charge in [0.2, 0.25) is 5.78 Å². The molecule has 8 atom stereocenters. The van der Waals surface area contributed by atoms with Crippen molar-refractivity contribution in [3.05, 3.63) is 23.0 Å². The van der Waals surface area contributed by atoms with E-state index in [-0.39, 0.29) is 16.9 Å². The number of imidazole rings is 1. The van der Waals surface area contributed by atoms with Gasteiger partial charge in [0.05, 0.1) is 19.5 Å². The molecule has 0 aliphatic carbocycles. The van der Waals surface area contributed by atoms with Crippen molar-refractivity contribution in [2.24, 2.45) is 0 Å². The average molecular weight is 440 g/mol. The lowest BCUT2D eigenvalue weighted by Gasteiger charge is -2.17. The topological polar surface area (TPSA) is 210 Å². The fraction of sp³-hybridized carbons (Fsp3) is 0.625. The van der Waals surface area contributed by atoms with Crippen molar-refractivity contribution in [3.8, 4) is 0 Å². The predicted octanol–water partition coefficient (Wildman–Crippen LogP) is -4.54. The fourth-order valence-electron chi connectivity index (χ4n) is 3.96. The minimum Gasteiger partial charge on any atom is -0.394 e. The molecule has 0 radical (unpaired) electrons. The van der Waals surface area contributed by atoms with Crippen molar-refractivity contribution in [1.29, 1.82) is 0 Å². The normalized spacial score (nSPS) is 36.2. The first-order valence-corrected chi connectivity index (χ1v) is 9.44. The Hall–Kier alpha value is -2.50. The minimum atomic E-state index is -1.42. The second kappa shape index (κ2) is 7.28. The SMILES string of the molecule is O=c1c2ncn([C@@H]3O[C@H](CO)[C@@H](O)[C@H]3O)c2nc2n([C@@H]3O[C@H](CO)[C@@H](O)[C@H]3O)cnn12. The molecule has 2 saturated heterocycles. The van der Waals surface area contributed by atoms with Crippen LogP contribution >= 0.6 is 0 Å². The number of aliphatic hydroxyl groups is 6. The van der Waals surface area contributed by atoms with Crippen molar-refractivity contribution >= 4 is 16.9 Å². The quantitative estimate of drug-likeness (QED) is 0.227. The molecule has 3 aromatic heterocycles. The molecular formula is C16H20N6O9. The Morgan fingerprint density at radius 3 is 2.00 bits per heavy atom. The van der Waals surface area contributed by atoms with Gasteiger partial charge in [-0.05, 0) is 0 Å². The Bertz CT molecular complexity index is 1090. The fourth-order valence-corrected chi connectivity index (χ4v) is 3.96. The highest BCUT2D eigenvalue weighted by Gasteiger charge is 2.45. The van der Waals surface area contributed by atoms with Gasteiger partial charge in [-0.2, -0.15) is 14.6 Å². The van der Waals surface area contributed by atoms with Crippen molar-refractivity contribution in [1.82, 2.24) is 28.7 Å². The van der Waals surface area contributed by atoms with Crippen LogP contribution in [0.2, 0.25) is 0 Å². The van der Waals surface area contributed by atoms with Gasteiger partial charge < -0.3 is 40.1 Å². The highest BCUT2D eigenvalue weighted by molar-refractivity contribution is 5.71. The molecule has 31 heavy (non-hydrogen) atoms. The van der Waals surface area contributed by atoms with Gasteiger partial charge in [0.1, 0.15) is 43.0 Å². The highest BCUT2D eigenvalue weighted by Crippen LogP contribution is 2.32. The van der Waals surface area contributed by atoms with Crippen LogP contribution in [-0.2, 0) is 9.47 Å². The summed E-state index contributed by atoms with van der Waals surface area (Å²) < 4.78 is 14.4. The predicted molar refractivity (Wildman–Crippen MR) is 96.6 cm³/mol. The standard InChI is InChI=1S/C16H20N6O9/c23-1-5-8(25)10(27)14(30-5)20-3-17-7-12(20)19-16-21(4-18-22(16)13(7)29)15-11(28)9(26)6(2-24)31-15/h3-6,8-11,14-15,23-28H,1-2H2/t5-,6-,8-,9-,10-,11-,14-,15-/m1/s1. The maximum Gasteiger partial charge on any atom is 0.303 e. The number of hydrogen-bond donors (Lipinski definition) is 6. The van der Waals surface area contributed by atoms with E-state index in [0.29, 0.717) is 0 Å². The van der Waals surface area contributed by atoms with Crippen LogP contribution in [0, 0.1) is 0 Å². The molecule has 15 nitrogen and oxygen atoms in total. The number of rotatable bonds is 4. The maximum atomic E-state index is 12.9. The molecule has 0 saturated carbocycles. The largest absolute Gasteiger partial charge is 0.394 e. The molecule has 6 N–H and O–H groups in total. The lowest BCUT2D eigenvalue weighted by atomic mass is 10.1. The van der Waals surface area contributed by atoms with E-state index in [1.165, 1.54) is 21.8 Å². The summed E-state index contributed by atoms with van der Waals surface area (Å²) in [5, 5.41) is 63.2. The van der Waals surface area contributed by atoms with Gasteiger partial charge >= 0.3 is 5.56 Å². The molecular weight excluding hydrogens is 420 g/mol. The van der Waals surface area contributed by atoms with Crippen LogP contribution in [0.4, 0.5) is 0 Å². The van der Waals surface area contributed by atoms with Crippen LogP contribution < -0.4 is 5.56 Å². The Kier molecular flexibility index (Phi) is 4.79. The average Bonchev–Trinajstić information content (AvgIpc) is 3.50. The lowest BCUT2D eigenvalue weighted by Crippen LogP contribution is -2.33. The summed E-state index contributed by atoms with van der Waals surface area (Å²) in [6.45, 7) is -1.06. The molecule has 0 amide bonds. The van der Waals surface area contributed by atoms with Gasteiger partial charge in [-0.3, -0.25) is 13.9 Å². The van der Waals surface area contributed by atoms with Gasteiger partial charge in [0, 0.05) is 0 Å². The molecule has 5 heterocycles. The molecule has 0 unspecified atom stereocenters. The molecule has 0 aromatic carbocycles. The molecule has 0 bridgehead atoms. The summed E-state index contributed by atoms with van der Waals surface area (Å²) in [5.74, 6) is -0.0687. The third-order valence-corrected chi connectivity index (χ3v) is 5.66. The van der Waals surface area contributed by atoms with E-state index >= 15 is 0 Å². The van der Waals surface area contributed by atoms with E-state index < -0.39 is 67.9 Å². The van der Waals surface area contributed by atoms with Crippen LogP contribution in [0.15, 0.2) is 17.4 Å². The molecule has 5 rings (SSSR count). The first-order valence-electron chi connectivity index (χ1n) is 9.44. The number of ether oxygens (including phenoxy) is 2. The molecule has 2 fully saturated rings. The molecule has 15 heteroatoms. The molecule has 2 aliphatic heterocycles. The number of fused-ring (bicyclic) bond motifs is 2. The van der Waals surface area contributed by atoms with Gasteiger partial charge in [-0.15, -0.1) is 0 Å². The van der Waals surface area contributed by atoms with Gasteiger partial charge in [-0.25, -0.2) is 4.98 Å². The van der Waals surface area contributed by atoms with Gasteiger partial charge in [0.25, 0.3) is 0 Å². The number of aliphatic hydroxyl groups excluding tert-OH is 6. The molecule has 168 valence electrons. The Morgan fingerprint density at radius 1 is 0.871 bits per heavy atom. The summed E-state index contributed by atoms with van der Waals surface area (Å²) >= 11 is 0. The Morgan fingerprint density at radius 2 is 1.45 bits per heavy atom. The summed E-state index contributed by atoms with van der Waals surface area (Å²) in [5.41, 5.74) is -0.758. The zero-order valence-corrected chi connectivity index (χ0v) is 15.8. The Labute approximate surface area is 171 Å². The monoisotopic (exact) mass is 440 g/mol. The Balaban J connectivity index is 1.63. The first kappa shape index (κ1) is 20.4. The smallest absolute Gasteiger partial charge is 0.303 e. The minimum absolute atomic E-state index is 0.00617. The van der Waals surface area contributed by atoms with Crippen LogP contribution in [0.5, 0.6) is 0 Å². The summed E-state index contributed by atoms with van der Waals surface area (Å²) in [6.07, 6.45) is -7.60. The second-order valence-electron chi connectivity index (χ2n) is 7.45. The van der Waals surface area contributed by atoms with Gasteiger partial charge in [0.15, 0.2) is 23.6 Å². The zero-order chi connectivity index (χ0) is 22.0. The number of aromatic nitrogens is 6. The van der Waals surface area contributed by atoms with Crippen molar-refractivity contribution < 1.29 is 40.1 Å². The van der Waals surface area contributed by atoms with E-state index in [1.54, 1.807) is 0 Å². The molecule has 2 aliphatic rings. The van der Waals surface area contributed by atoms with E-state index in [9.17, 15) is 35.4 Å². The summed E-state index contributed by atoms with van der Waals surface area (Å²) in [7, 11) is 0.